The first-order valence-electron chi connectivity index (χ1n) is 5.54. The molecule has 0 bridgehead atoms. The summed E-state index contributed by atoms with van der Waals surface area (Å²) in [4.78, 5) is 23.4. The number of carbonyl (C=O) groups is 1. The molecule has 2 aromatic rings. The van der Waals surface area contributed by atoms with E-state index < -0.39 is 5.91 Å². The van der Waals surface area contributed by atoms with Crippen LogP contribution in [0.5, 0.6) is 5.75 Å². The minimum Gasteiger partial charge on any atom is -0.508 e. The Morgan fingerprint density at radius 1 is 1.32 bits per heavy atom. The Balaban J connectivity index is 2.25. The molecule has 0 aliphatic carbocycles. The number of nitrogens with zero attached hydrogens (tertiary/aromatic N) is 1. The van der Waals surface area contributed by atoms with Crippen LogP contribution in [0.1, 0.15) is 10.4 Å². The van der Waals surface area contributed by atoms with Crippen molar-refractivity contribution in [2.45, 2.75) is 0 Å². The van der Waals surface area contributed by atoms with Crippen molar-refractivity contribution in [2.75, 3.05) is 11.1 Å². The Labute approximate surface area is 109 Å². The van der Waals surface area contributed by atoms with Gasteiger partial charge < -0.3 is 20.7 Å². The molecule has 0 radical (unpaired) electrons. The van der Waals surface area contributed by atoms with E-state index in [0.29, 0.717) is 5.69 Å². The van der Waals surface area contributed by atoms with Gasteiger partial charge in [0, 0.05) is 30.9 Å². The highest BCUT2D eigenvalue weighted by Gasteiger charge is 2.09. The molecule has 0 aliphatic rings. The summed E-state index contributed by atoms with van der Waals surface area (Å²) in [6, 6.07) is 7.01. The number of nitrogens with two attached hydrogens (primary N) is 1. The van der Waals surface area contributed by atoms with Gasteiger partial charge in [0.15, 0.2) is 0 Å². The van der Waals surface area contributed by atoms with Gasteiger partial charge in [0.25, 0.3) is 11.5 Å². The van der Waals surface area contributed by atoms with Gasteiger partial charge in [-0.15, -0.1) is 0 Å². The molecule has 0 unspecified atom stereocenters. The first-order chi connectivity index (χ1) is 8.97. The molecular weight excluding hydrogens is 246 g/mol. The van der Waals surface area contributed by atoms with E-state index in [1.807, 2.05) is 0 Å². The van der Waals surface area contributed by atoms with Crippen molar-refractivity contribution in [1.29, 1.82) is 0 Å². The van der Waals surface area contributed by atoms with Crippen LogP contribution in [0.4, 0.5) is 11.4 Å². The van der Waals surface area contributed by atoms with Gasteiger partial charge in [-0.3, -0.25) is 9.59 Å². The van der Waals surface area contributed by atoms with E-state index in [-0.39, 0.29) is 22.6 Å². The summed E-state index contributed by atoms with van der Waals surface area (Å²) in [6.07, 6.45) is 1.51. The number of pyridine rings is 1. The maximum atomic E-state index is 11.9. The highest BCUT2D eigenvalue weighted by molar-refractivity contribution is 6.05. The topological polar surface area (TPSA) is 97.3 Å². The van der Waals surface area contributed by atoms with Crippen LogP contribution in [0.15, 0.2) is 41.3 Å². The lowest BCUT2D eigenvalue weighted by Crippen LogP contribution is -2.20. The van der Waals surface area contributed by atoms with E-state index in [1.54, 1.807) is 7.05 Å². The summed E-state index contributed by atoms with van der Waals surface area (Å²) in [7, 11) is 1.60. The number of phenols is 1. The number of anilines is 2. The zero-order chi connectivity index (χ0) is 14.0. The molecule has 6 heteroatoms. The predicted molar refractivity (Wildman–Crippen MR) is 72.2 cm³/mol. The van der Waals surface area contributed by atoms with Crippen molar-refractivity contribution in [3.8, 4) is 5.75 Å². The zero-order valence-electron chi connectivity index (χ0n) is 10.3. The van der Waals surface area contributed by atoms with Crippen LogP contribution in [-0.4, -0.2) is 15.6 Å². The maximum absolute atomic E-state index is 11.9. The van der Waals surface area contributed by atoms with Crippen molar-refractivity contribution in [3.05, 3.63) is 52.4 Å². The summed E-state index contributed by atoms with van der Waals surface area (Å²) < 4.78 is 1.37. The Kier molecular flexibility index (Phi) is 3.24. The van der Waals surface area contributed by atoms with Crippen LogP contribution in [0.25, 0.3) is 0 Å². The van der Waals surface area contributed by atoms with E-state index >= 15 is 0 Å². The summed E-state index contributed by atoms with van der Waals surface area (Å²) >= 11 is 0. The number of rotatable bonds is 2. The van der Waals surface area contributed by atoms with E-state index in [2.05, 4.69) is 5.32 Å². The van der Waals surface area contributed by atoms with Crippen molar-refractivity contribution in [2.24, 2.45) is 7.05 Å². The molecule has 4 N–H and O–H groups in total. The van der Waals surface area contributed by atoms with Gasteiger partial charge in [-0.25, -0.2) is 0 Å². The second-order valence-corrected chi connectivity index (χ2v) is 4.09. The first kappa shape index (κ1) is 12.7. The summed E-state index contributed by atoms with van der Waals surface area (Å²) in [5.74, 6) is -0.417. The SMILES string of the molecule is Cn1ccc(C(=O)Nc2ccc(O)cc2N)cc1=O. The molecule has 2 rings (SSSR count). The Morgan fingerprint density at radius 3 is 2.68 bits per heavy atom. The third-order valence-corrected chi connectivity index (χ3v) is 2.65. The van der Waals surface area contributed by atoms with E-state index in [9.17, 15) is 14.7 Å². The number of hydrogen-bond acceptors (Lipinski definition) is 4. The van der Waals surface area contributed by atoms with Crippen LogP contribution in [0, 0.1) is 0 Å². The molecule has 6 nitrogen and oxygen atoms in total. The molecule has 98 valence electrons. The normalized spacial score (nSPS) is 10.2. The smallest absolute Gasteiger partial charge is 0.255 e. The van der Waals surface area contributed by atoms with Gasteiger partial charge in [-0.05, 0) is 18.2 Å². The van der Waals surface area contributed by atoms with E-state index in [1.165, 1.54) is 41.1 Å². The van der Waals surface area contributed by atoms with Gasteiger partial charge in [0.1, 0.15) is 5.75 Å². The Morgan fingerprint density at radius 2 is 2.05 bits per heavy atom. The van der Waals surface area contributed by atoms with Crippen LogP contribution in [-0.2, 0) is 7.05 Å². The average molecular weight is 259 g/mol. The molecule has 1 aromatic heterocycles. The molecule has 0 aliphatic heterocycles. The number of phenolic OH excluding ortho intramolecular Hbond substituents is 1. The Hall–Kier alpha value is -2.76. The second-order valence-electron chi connectivity index (χ2n) is 4.09. The molecule has 0 atom stereocenters. The predicted octanol–water partition coefficient (Wildman–Crippen LogP) is 0.925. The number of aromatic nitrogens is 1. The van der Waals surface area contributed by atoms with Crippen LogP contribution in [0.2, 0.25) is 0 Å². The lowest BCUT2D eigenvalue weighted by Gasteiger charge is -2.08. The zero-order valence-corrected chi connectivity index (χ0v) is 10.3. The number of hydrogen-bond donors (Lipinski definition) is 3. The monoisotopic (exact) mass is 259 g/mol. The highest BCUT2D eigenvalue weighted by atomic mass is 16.3. The van der Waals surface area contributed by atoms with Gasteiger partial charge >= 0.3 is 0 Å². The average Bonchev–Trinajstić information content (AvgIpc) is 2.36. The molecule has 1 aromatic carbocycles. The fourth-order valence-electron chi connectivity index (χ4n) is 1.55. The van der Waals surface area contributed by atoms with E-state index in [4.69, 9.17) is 5.73 Å². The van der Waals surface area contributed by atoms with Crippen molar-refractivity contribution in [3.63, 3.8) is 0 Å². The molecular formula is C13H13N3O3. The maximum Gasteiger partial charge on any atom is 0.255 e. The standard InChI is InChI=1S/C13H13N3O3/c1-16-5-4-8(6-12(16)18)13(19)15-11-3-2-9(17)7-10(11)14/h2-7,17H,14H2,1H3,(H,15,19). The minimum absolute atomic E-state index is 0.0177. The van der Waals surface area contributed by atoms with Gasteiger partial charge in [0.2, 0.25) is 0 Å². The molecule has 19 heavy (non-hydrogen) atoms. The van der Waals surface area contributed by atoms with Crippen molar-refractivity contribution in [1.82, 2.24) is 4.57 Å². The van der Waals surface area contributed by atoms with Gasteiger partial charge in [0.05, 0.1) is 11.4 Å². The number of carbonyl (C=O) groups excluding carboxylic acids is 1. The van der Waals surface area contributed by atoms with Gasteiger partial charge in [-0.1, -0.05) is 0 Å². The fraction of sp³-hybridized carbons (Fsp3) is 0.0769. The van der Waals surface area contributed by atoms with Crippen LogP contribution >= 0.6 is 0 Å². The molecule has 0 saturated carbocycles. The second kappa shape index (κ2) is 4.85. The lowest BCUT2D eigenvalue weighted by atomic mass is 10.2. The molecule has 0 spiro atoms. The van der Waals surface area contributed by atoms with Crippen LogP contribution in [0.3, 0.4) is 0 Å². The van der Waals surface area contributed by atoms with Crippen molar-refractivity contribution >= 4 is 17.3 Å². The van der Waals surface area contributed by atoms with Crippen LogP contribution < -0.4 is 16.6 Å². The lowest BCUT2D eigenvalue weighted by molar-refractivity contribution is 0.102. The first-order valence-corrected chi connectivity index (χ1v) is 5.54. The number of amides is 1. The highest BCUT2D eigenvalue weighted by Crippen LogP contribution is 2.23. The van der Waals surface area contributed by atoms with Crippen molar-refractivity contribution < 1.29 is 9.90 Å². The molecule has 1 heterocycles. The number of aromatic hydroxyl groups is 1. The summed E-state index contributed by atoms with van der Waals surface area (Å²) in [5.41, 5.74) is 6.26. The molecule has 1 amide bonds. The summed E-state index contributed by atoms with van der Waals surface area (Å²) in [5, 5.41) is 11.8. The largest absolute Gasteiger partial charge is 0.508 e. The number of aryl methyl sites for hydroxylation is 1. The number of nitrogens with one attached hydrogen (secondary N) is 1. The fourth-order valence-corrected chi connectivity index (χ4v) is 1.55. The molecule has 0 fully saturated rings. The Bertz CT molecular complexity index is 692. The third-order valence-electron chi connectivity index (χ3n) is 2.65. The minimum atomic E-state index is -0.435. The van der Waals surface area contributed by atoms with Gasteiger partial charge in [-0.2, -0.15) is 0 Å². The summed E-state index contributed by atoms with van der Waals surface area (Å²) in [6.45, 7) is 0. The number of benzene rings is 1. The number of nitrogen functional groups attached to an aromatic ring is 1. The quantitative estimate of drug-likeness (QED) is 0.552. The molecule has 0 saturated heterocycles. The third kappa shape index (κ3) is 2.74. The van der Waals surface area contributed by atoms with E-state index in [0.717, 1.165) is 0 Å².